The Labute approximate surface area is 134 Å². The molecule has 5 nitrogen and oxygen atoms in total. The number of carbonyl (C=O) groups is 4. The molecular weight excluding hydrogens is 294 g/mol. The third-order valence-electron chi connectivity index (χ3n) is 4.84. The molecule has 120 valence electrons. The van der Waals surface area contributed by atoms with Crippen LogP contribution in [0.5, 0.6) is 0 Å². The summed E-state index contributed by atoms with van der Waals surface area (Å²) in [6.07, 6.45) is 2.11. The van der Waals surface area contributed by atoms with Gasteiger partial charge in [0.15, 0.2) is 11.6 Å². The van der Waals surface area contributed by atoms with Crippen LogP contribution < -0.4 is 5.32 Å². The van der Waals surface area contributed by atoms with Crippen LogP contribution in [0, 0.1) is 18.8 Å². The van der Waals surface area contributed by atoms with Gasteiger partial charge in [-0.2, -0.15) is 0 Å². The second-order valence-electron chi connectivity index (χ2n) is 6.41. The van der Waals surface area contributed by atoms with Crippen LogP contribution in [0.1, 0.15) is 58.4 Å². The predicted octanol–water partition coefficient (Wildman–Crippen LogP) is 2.21. The van der Waals surface area contributed by atoms with Gasteiger partial charge in [0.1, 0.15) is 0 Å². The van der Waals surface area contributed by atoms with Crippen molar-refractivity contribution in [1.82, 2.24) is 5.32 Å². The molecule has 1 aliphatic carbocycles. The Bertz CT molecular complexity index is 707. The molecule has 2 amide bonds. The van der Waals surface area contributed by atoms with Crippen molar-refractivity contribution in [3.63, 3.8) is 0 Å². The maximum atomic E-state index is 12.7. The molecule has 1 fully saturated rings. The number of nitrogens with one attached hydrogen (secondary N) is 1. The highest BCUT2D eigenvalue weighted by atomic mass is 16.2. The highest BCUT2D eigenvalue weighted by Crippen LogP contribution is 2.32. The lowest BCUT2D eigenvalue weighted by molar-refractivity contribution is -0.136. The average Bonchev–Trinajstić information content (AvgIpc) is 2.50. The molecule has 1 aliphatic heterocycles. The van der Waals surface area contributed by atoms with Gasteiger partial charge in [0, 0.05) is 35.8 Å². The van der Waals surface area contributed by atoms with Crippen molar-refractivity contribution >= 4 is 23.4 Å². The summed E-state index contributed by atoms with van der Waals surface area (Å²) in [6, 6.07) is 5.34. The SMILES string of the molecule is Cc1cccc2c1C(=O)C(CCC1CCC(=O)NC1=O)CC2=O. The summed E-state index contributed by atoms with van der Waals surface area (Å²) in [7, 11) is 0. The zero-order chi connectivity index (χ0) is 16.6. The summed E-state index contributed by atoms with van der Waals surface area (Å²) in [5.41, 5.74) is 1.89. The zero-order valence-electron chi connectivity index (χ0n) is 13.1. The van der Waals surface area contributed by atoms with Crippen LogP contribution in [0.3, 0.4) is 0 Å². The van der Waals surface area contributed by atoms with E-state index in [1.165, 1.54) is 0 Å². The quantitative estimate of drug-likeness (QED) is 0.868. The van der Waals surface area contributed by atoms with Gasteiger partial charge in [-0.25, -0.2) is 0 Å². The van der Waals surface area contributed by atoms with Gasteiger partial charge in [-0.1, -0.05) is 18.2 Å². The molecule has 1 N–H and O–H groups in total. The van der Waals surface area contributed by atoms with Crippen molar-refractivity contribution in [2.24, 2.45) is 11.8 Å². The van der Waals surface area contributed by atoms with Crippen LogP contribution in [0.4, 0.5) is 0 Å². The number of piperidine rings is 1. The summed E-state index contributed by atoms with van der Waals surface area (Å²) >= 11 is 0. The minimum Gasteiger partial charge on any atom is -0.296 e. The lowest BCUT2D eigenvalue weighted by atomic mass is 9.76. The fourth-order valence-electron chi connectivity index (χ4n) is 3.51. The Balaban J connectivity index is 1.72. The van der Waals surface area contributed by atoms with Gasteiger partial charge < -0.3 is 0 Å². The first-order chi connectivity index (χ1) is 11.0. The second-order valence-corrected chi connectivity index (χ2v) is 6.41. The molecule has 3 rings (SSSR count). The number of Topliss-reactive ketones (excluding diaryl/α,β-unsaturated/α-hetero) is 2. The molecule has 0 saturated carbocycles. The molecule has 0 bridgehead atoms. The maximum absolute atomic E-state index is 12.7. The third-order valence-corrected chi connectivity index (χ3v) is 4.84. The maximum Gasteiger partial charge on any atom is 0.229 e. The number of aryl methyl sites for hydroxylation is 1. The highest BCUT2D eigenvalue weighted by molar-refractivity contribution is 6.15. The van der Waals surface area contributed by atoms with E-state index in [4.69, 9.17) is 0 Å². The van der Waals surface area contributed by atoms with Crippen LogP contribution in [-0.2, 0) is 9.59 Å². The molecule has 0 radical (unpaired) electrons. The molecule has 5 heteroatoms. The minimum atomic E-state index is -0.360. The van der Waals surface area contributed by atoms with Crippen LogP contribution in [0.25, 0.3) is 0 Å². The summed E-state index contributed by atoms with van der Waals surface area (Å²) in [5, 5.41) is 2.33. The normalized spacial score (nSPS) is 24.4. The fourth-order valence-corrected chi connectivity index (χ4v) is 3.51. The molecule has 2 atom stereocenters. The number of amides is 2. The summed E-state index contributed by atoms with van der Waals surface area (Å²) in [4.78, 5) is 47.9. The highest BCUT2D eigenvalue weighted by Gasteiger charge is 2.35. The van der Waals surface area contributed by atoms with Crippen molar-refractivity contribution in [3.05, 3.63) is 34.9 Å². The molecule has 1 heterocycles. The van der Waals surface area contributed by atoms with Gasteiger partial charge in [0.2, 0.25) is 11.8 Å². The van der Waals surface area contributed by atoms with Crippen molar-refractivity contribution in [3.8, 4) is 0 Å². The van der Waals surface area contributed by atoms with Crippen molar-refractivity contribution in [1.29, 1.82) is 0 Å². The molecule has 0 spiro atoms. The number of ketones is 2. The monoisotopic (exact) mass is 313 g/mol. The Hall–Kier alpha value is -2.30. The standard InChI is InChI=1S/C18H19NO4/c1-10-3-2-4-13-14(20)9-12(17(22)16(10)13)6-5-11-7-8-15(21)19-18(11)23/h2-4,11-12H,5-9H2,1H3,(H,19,21,23). The smallest absolute Gasteiger partial charge is 0.229 e. The molecule has 2 unspecified atom stereocenters. The zero-order valence-corrected chi connectivity index (χ0v) is 13.1. The van der Waals surface area contributed by atoms with E-state index >= 15 is 0 Å². The first-order valence-electron chi connectivity index (χ1n) is 7.98. The van der Waals surface area contributed by atoms with E-state index < -0.39 is 0 Å². The van der Waals surface area contributed by atoms with E-state index in [1.807, 2.05) is 13.0 Å². The van der Waals surface area contributed by atoms with Crippen molar-refractivity contribution < 1.29 is 19.2 Å². The average molecular weight is 313 g/mol. The fraction of sp³-hybridized carbons (Fsp3) is 0.444. The summed E-state index contributed by atoms with van der Waals surface area (Å²) < 4.78 is 0. The number of rotatable bonds is 3. The van der Waals surface area contributed by atoms with E-state index in [2.05, 4.69) is 5.32 Å². The van der Waals surface area contributed by atoms with Gasteiger partial charge in [-0.15, -0.1) is 0 Å². The number of carbonyl (C=O) groups excluding carboxylic acids is 4. The van der Waals surface area contributed by atoms with E-state index in [0.29, 0.717) is 36.8 Å². The molecule has 2 aliphatic rings. The Morgan fingerprint density at radius 2 is 1.83 bits per heavy atom. The second kappa shape index (κ2) is 6.07. The first-order valence-corrected chi connectivity index (χ1v) is 7.98. The summed E-state index contributed by atoms with van der Waals surface area (Å²) in [6.45, 7) is 1.84. The minimum absolute atomic E-state index is 0.00317. The van der Waals surface area contributed by atoms with E-state index in [0.717, 1.165) is 5.56 Å². The molecule has 0 aromatic heterocycles. The molecule has 23 heavy (non-hydrogen) atoms. The van der Waals surface area contributed by atoms with Gasteiger partial charge >= 0.3 is 0 Å². The van der Waals surface area contributed by atoms with E-state index in [9.17, 15) is 19.2 Å². The number of imide groups is 1. The van der Waals surface area contributed by atoms with Crippen molar-refractivity contribution in [2.75, 3.05) is 0 Å². The lowest BCUT2D eigenvalue weighted by Crippen LogP contribution is -2.41. The largest absolute Gasteiger partial charge is 0.296 e. The van der Waals surface area contributed by atoms with E-state index in [-0.39, 0.29) is 41.6 Å². The van der Waals surface area contributed by atoms with Crippen LogP contribution in [-0.4, -0.2) is 23.4 Å². The molecular formula is C18H19NO4. The van der Waals surface area contributed by atoms with Gasteiger partial charge in [0.25, 0.3) is 0 Å². The van der Waals surface area contributed by atoms with Crippen LogP contribution in [0.2, 0.25) is 0 Å². The Morgan fingerprint density at radius 3 is 2.57 bits per heavy atom. The topological polar surface area (TPSA) is 80.3 Å². The van der Waals surface area contributed by atoms with Gasteiger partial charge in [0.05, 0.1) is 0 Å². The molecule has 1 aromatic carbocycles. The molecule has 1 saturated heterocycles. The Morgan fingerprint density at radius 1 is 1.09 bits per heavy atom. The predicted molar refractivity (Wildman–Crippen MR) is 83.1 cm³/mol. The van der Waals surface area contributed by atoms with Crippen LogP contribution in [0.15, 0.2) is 18.2 Å². The first kappa shape index (κ1) is 15.6. The third kappa shape index (κ3) is 2.96. The van der Waals surface area contributed by atoms with Crippen LogP contribution >= 0.6 is 0 Å². The van der Waals surface area contributed by atoms with Crippen molar-refractivity contribution in [2.45, 2.75) is 39.0 Å². The number of hydrogen-bond donors (Lipinski definition) is 1. The van der Waals surface area contributed by atoms with Gasteiger partial charge in [-0.05, 0) is 31.7 Å². The number of benzene rings is 1. The van der Waals surface area contributed by atoms with E-state index in [1.54, 1.807) is 12.1 Å². The number of fused-ring (bicyclic) bond motifs is 1. The summed E-state index contributed by atoms with van der Waals surface area (Å²) in [5.74, 6) is -1.09. The Kier molecular flexibility index (Phi) is 4.11. The van der Waals surface area contributed by atoms with Gasteiger partial charge in [-0.3, -0.25) is 24.5 Å². The number of hydrogen-bond acceptors (Lipinski definition) is 4. The molecule has 1 aromatic rings. The lowest BCUT2D eigenvalue weighted by Gasteiger charge is -2.26.